The first-order valence-corrected chi connectivity index (χ1v) is 5.93. The van der Waals surface area contributed by atoms with E-state index in [2.05, 4.69) is 49.9 Å². The molecule has 0 aliphatic carbocycles. The van der Waals surface area contributed by atoms with Gasteiger partial charge in [-0.25, -0.2) is 9.97 Å². The van der Waals surface area contributed by atoms with Gasteiger partial charge in [-0.15, -0.1) is 0 Å². The van der Waals surface area contributed by atoms with Crippen LogP contribution in [0.4, 0.5) is 5.82 Å². The number of anilines is 1. The molecule has 3 nitrogen and oxygen atoms in total. The molecule has 0 bridgehead atoms. The van der Waals surface area contributed by atoms with E-state index >= 15 is 0 Å². The largest absolute Gasteiger partial charge is 0.369 e. The molecule has 0 aromatic carbocycles. The predicted molar refractivity (Wildman–Crippen MR) is 69.1 cm³/mol. The molecular weight excluding hydrogens is 222 g/mol. The fraction of sp³-hybridized carbons (Fsp3) is 0.667. The quantitative estimate of drug-likeness (QED) is 0.820. The van der Waals surface area contributed by atoms with Crippen molar-refractivity contribution in [2.75, 3.05) is 11.9 Å². The second kappa shape index (κ2) is 5.00. The summed E-state index contributed by atoms with van der Waals surface area (Å²) in [6, 6.07) is 0. The minimum atomic E-state index is 0.214. The van der Waals surface area contributed by atoms with Crippen LogP contribution in [0.5, 0.6) is 0 Å². The summed E-state index contributed by atoms with van der Waals surface area (Å²) >= 11 is 6.08. The number of aromatic nitrogens is 2. The Morgan fingerprint density at radius 2 is 1.94 bits per heavy atom. The molecule has 90 valence electrons. The Labute approximate surface area is 103 Å². The van der Waals surface area contributed by atoms with Crippen LogP contribution in [-0.4, -0.2) is 16.5 Å². The molecule has 0 saturated carbocycles. The number of rotatable bonds is 3. The van der Waals surface area contributed by atoms with Crippen molar-refractivity contribution in [2.45, 2.75) is 40.5 Å². The van der Waals surface area contributed by atoms with Gasteiger partial charge in [-0.3, -0.25) is 0 Å². The van der Waals surface area contributed by atoms with Gasteiger partial charge in [0.15, 0.2) is 0 Å². The summed E-state index contributed by atoms with van der Waals surface area (Å²) in [4.78, 5) is 8.28. The maximum absolute atomic E-state index is 6.08. The van der Waals surface area contributed by atoms with Crippen LogP contribution >= 0.6 is 11.6 Å². The predicted octanol–water partition coefficient (Wildman–Crippen LogP) is 3.71. The lowest BCUT2D eigenvalue weighted by atomic mass is 9.96. The number of nitrogens with zero attached hydrogens (tertiary/aromatic N) is 2. The normalized spacial score (nSPS) is 11.9. The molecule has 0 unspecified atom stereocenters. The molecule has 1 aromatic rings. The first-order chi connectivity index (χ1) is 7.31. The van der Waals surface area contributed by atoms with E-state index < -0.39 is 0 Å². The molecule has 0 atom stereocenters. The third kappa shape index (κ3) is 3.63. The van der Waals surface area contributed by atoms with Crippen LogP contribution < -0.4 is 5.32 Å². The summed E-state index contributed by atoms with van der Waals surface area (Å²) in [7, 11) is 0. The molecule has 0 spiro atoms. The summed E-state index contributed by atoms with van der Waals surface area (Å²) in [5, 5.41) is 3.88. The zero-order valence-corrected chi connectivity index (χ0v) is 11.4. The van der Waals surface area contributed by atoms with Gasteiger partial charge in [0.25, 0.3) is 0 Å². The Hall–Kier alpha value is -0.830. The lowest BCUT2D eigenvalue weighted by Gasteiger charge is -2.21. The highest BCUT2D eigenvalue weighted by molar-refractivity contribution is 6.30. The Morgan fingerprint density at radius 1 is 1.31 bits per heavy atom. The molecule has 0 fully saturated rings. The number of hydrogen-bond acceptors (Lipinski definition) is 3. The minimum Gasteiger partial charge on any atom is -0.369 e. The highest BCUT2D eigenvalue weighted by atomic mass is 35.5. The van der Waals surface area contributed by atoms with E-state index in [1.807, 2.05) is 0 Å². The number of halogens is 1. The first kappa shape index (κ1) is 13.2. The van der Waals surface area contributed by atoms with Crippen LogP contribution in [0.15, 0.2) is 6.33 Å². The molecule has 1 rings (SSSR count). The van der Waals surface area contributed by atoms with Crippen molar-refractivity contribution < 1.29 is 0 Å². The van der Waals surface area contributed by atoms with Crippen molar-refractivity contribution in [1.82, 2.24) is 9.97 Å². The molecular formula is C12H20ClN3. The second-order valence-corrected chi connectivity index (χ2v) is 5.85. The van der Waals surface area contributed by atoms with Gasteiger partial charge in [-0.05, 0) is 11.3 Å². The van der Waals surface area contributed by atoms with E-state index in [1.165, 1.54) is 6.33 Å². The lowest BCUT2D eigenvalue weighted by molar-refractivity contribution is 0.442. The molecule has 0 radical (unpaired) electrons. The van der Waals surface area contributed by atoms with Gasteiger partial charge in [0, 0.05) is 12.1 Å². The van der Waals surface area contributed by atoms with Crippen LogP contribution in [0, 0.1) is 5.41 Å². The maximum atomic E-state index is 6.08. The van der Waals surface area contributed by atoms with E-state index in [0.29, 0.717) is 11.1 Å². The van der Waals surface area contributed by atoms with E-state index in [0.717, 1.165) is 17.9 Å². The summed E-state index contributed by atoms with van der Waals surface area (Å²) in [6.45, 7) is 11.6. The zero-order valence-electron chi connectivity index (χ0n) is 10.6. The molecule has 1 heterocycles. The van der Waals surface area contributed by atoms with Gasteiger partial charge < -0.3 is 5.32 Å². The average molecular weight is 242 g/mol. The number of hydrogen-bond donors (Lipinski definition) is 1. The van der Waals surface area contributed by atoms with E-state index in [-0.39, 0.29) is 5.41 Å². The molecule has 1 aromatic heterocycles. The van der Waals surface area contributed by atoms with Gasteiger partial charge in [0.2, 0.25) is 0 Å². The third-order valence-electron chi connectivity index (χ3n) is 2.20. The highest BCUT2D eigenvalue weighted by Crippen LogP contribution is 2.28. The first-order valence-electron chi connectivity index (χ1n) is 5.55. The zero-order chi connectivity index (χ0) is 12.3. The standard InChI is InChI=1S/C12H20ClN3/c1-8(2)9-10(13)15-7-16-11(9)14-6-12(3,4)5/h7-8H,6H2,1-5H3,(H,14,15,16). The van der Waals surface area contributed by atoms with Gasteiger partial charge in [0.05, 0.1) is 0 Å². The second-order valence-electron chi connectivity index (χ2n) is 5.50. The summed E-state index contributed by atoms with van der Waals surface area (Å²) in [5.41, 5.74) is 1.21. The van der Waals surface area contributed by atoms with Crippen LogP contribution in [0.25, 0.3) is 0 Å². The molecule has 0 aliphatic rings. The topological polar surface area (TPSA) is 37.8 Å². The van der Waals surface area contributed by atoms with Gasteiger partial charge in [0.1, 0.15) is 17.3 Å². The van der Waals surface area contributed by atoms with Gasteiger partial charge in [-0.1, -0.05) is 46.2 Å². The lowest BCUT2D eigenvalue weighted by Crippen LogP contribution is -2.20. The van der Waals surface area contributed by atoms with Crippen LogP contribution in [0.2, 0.25) is 5.15 Å². The molecule has 0 amide bonds. The molecule has 0 aliphatic heterocycles. The number of nitrogens with one attached hydrogen (secondary N) is 1. The Morgan fingerprint density at radius 3 is 2.44 bits per heavy atom. The van der Waals surface area contributed by atoms with Crippen LogP contribution in [-0.2, 0) is 0 Å². The SMILES string of the molecule is CC(C)c1c(Cl)ncnc1NCC(C)(C)C. The summed E-state index contributed by atoms with van der Waals surface area (Å²) < 4.78 is 0. The minimum absolute atomic E-state index is 0.214. The molecule has 1 N–H and O–H groups in total. The van der Waals surface area contributed by atoms with Crippen molar-refractivity contribution in [1.29, 1.82) is 0 Å². The maximum Gasteiger partial charge on any atom is 0.138 e. The van der Waals surface area contributed by atoms with Gasteiger partial charge >= 0.3 is 0 Å². The van der Waals surface area contributed by atoms with Crippen LogP contribution in [0.3, 0.4) is 0 Å². The molecule has 16 heavy (non-hydrogen) atoms. The Kier molecular flexibility index (Phi) is 4.14. The monoisotopic (exact) mass is 241 g/mol. The Balaban J connectivity index is 2.91. The van der Waals surface area contributed by atoms with Crippen molar-refractivity contribution in [2.24, 2.45) is 5.41 Å². The van der Waals surface area contributed by atoms with Gasteiger partial charge in [-0.2, -0.15) is 0 Å². The smallest absolute Gasteiger partial charge is 0.138 e. The average Bonchev–Trinajstić information content (AvgIpc) is 2.12. The van der Waals surface area contributed by atoms with Crippen molar-refractivity contribution in [3.63, 3.8) is 0 Å². The van der Waals surface area contributed by atoms with E-state index in [4.69, 9.17) is 11.6 Å². The fourth-order valence-electron chi connectivity index (χ4n) is 1.38. The van der Waals surface area contributed by atoms with Crippen molar-refractivity contribution in [3.05, 3.63) is 17.0 Å². The Bertz CT molecular complexity index is 356. The van der Waals surface area contributed by atoms with E-state index in [9.17, 15) is 0 Å². The summed E-state index contributed by atoms with van der Waals surface area (Å²) in [5.74, 6) is 1.17. The molecule has 0 saturated heterocycles. The highest BCUT2D eigenvalue weighted by Gasteiger charge is 2.16. The van der Waals surface area contributed by atoms with E-state index in [1.54, 1.807) is 0 Å². The van der Waals surface area contributed by atoms with Crippen LogP contribution in [0.1, 0.15) is 46.1 Å². The molecule has 4 heteroatoms. The van der Waals surface area contributed by atoms with Crippen molar-refractivity contribution >= 4 is 17.4 Å². The summed E-state index contributed by atoms with van der Waals surface area (Å²) in [6.07, 6.45) is 1.50. The third-order valence-corrected chi connectivity index (χ3v) is 2.50. The fourth-order valence-corrected chi connectivity index (χ4v) is 1.73. The van der Waals surface area contributed by atoms with Crippen molar-refractivity contribution in [3.8, 4) is 0 Å².